The van der Waals surface area contributed by atoms with Crippen LogP contribution < -0.4 is 10.2 Å². The van der Waals surface area contributed by atoms with Crippen molar-refractivity contribution in [2.45, 2.75) is 0 Å². The Morgan fingerprint density at radius 3 is 2.74 bits per heavy atom. The first kappa shape index (κ1) is 14.7. The summed E-state index contributed by atoms with van der Waals surface area (Å²) in [7, 11) is 3.34. The molecule has 1 aromatic rings. The number of amides is 1. The smallest absolute Gasteiger partial charge is 0.263 e. The number of nitrogens with one attached hydrogen (secondary N) is 1. The van der Waals surface area contributed by atoms with E-state index >= 15 is 0 Å². The number of hydrogen-bond donors (Lipinski definition) is 1. The van der Waals surface area contributed by atoms with Gasteiger partial charge in [-0.15, -0.1) is 0 Å². The van der Waals surface area contributed by atoms with E-state index in [1.54, 1.807) is 19.1 Å². The monoisotopic (exact) mass is 259 g/mol. The van der Waals surface area contributed by atoms with E-state index in [4.69, 9.17) is 10.00 Å². The summed E-state index contributed by atoms with van der Waals surface area (Å²) >= 11 is 0. The number of carbonyl (C=O) groups is 1. The second-order valence-electron chi connectivity index (χ2n) is 3.85. The van der Waals surface area contributed by atoms with E-state index in [0.29, 0.717) is 13.2 Å². The molecule has 5 nitrogen and oxygen atoms in total. The van der Waals surface area contributed by atoms with Gasteiger partial charge < -0.3 is 15.0 Å². The summed E-state index contributed by atoms with van der Waals surface area (Å²) in [4.78, 5) is 13.5. The standard InChI is InChI=1S/C14H17N3O2/c1-17(13-6-4-3-5-7-13)11-12(10-15)14(18)16-8-9-19-2/h3-7,11H,8-9H2,1-2H3,(H,16,18)/b12-11-. The summed E-state index contributed by atoms with van der Waals surface area (Å²) in [6, 6.07) is 11.4. The van der Waals surface area contributed by atoms with E-state index in [9.17, 15) is 4.79 Å². The second kappa shape index (κ2) is 7.90. The molecule has 0 aliphatic carbocycles. The average Bonchev–Trinajstić information content (AvgIpc) is 2.45. The predicted molar refractivity (Wildman–Crippen MR) is 73.4 cm³/mol. The lowest BCUT2D eigenvalue weighted by atomic mass is 10.2. The zero-order valence-corrected chi connectivity index (χ0v) is 11.1. The Hall–Kier alpha value is -2.32. The molecule has 1 N–H and O–H groups in total. The van der Waals surface area contributed by atoms with Crippen molar-refractivity contribution in [3.05, 3.63) is 42.1 Å². The molecule has 0 radical (unpaired) electrons. The van der Waals surface area contributed by atoms with E-state index in [1.807, 2.05) is 36.4 Å². The normalized spacial score (nSPS) is 10.7. The molecule has 0 bridgehead atoms. The molecule has 1 amide bonds. The van der Waals surface area contributed by atoms with Crippen molar-refractivity contribution in [3.8, 4) is 6.07 Å². The highest BCUT2D eigenvalue weighted by Gasteiger charge is 2.09. The van der Waals surface area contributed by atoms with Gasteiger partial charge in [0.1, 0.15) is 11.6 Å². The molecule has 0 unspecified atom stereocenters. The molecule has 5 heteroatoms. The second-order valence-corrected chi connectivity index (χ2v) is 3.85. The number of methoxy groups -OCH3 is 1. The summed E-state index contributed by atoms with van der Waals surface area (Å²) in [5, 5.41) is 11.6. The third kappa shape index (κ3) is 4.82. The zero-order chi connectivity index (χ0) is 14.1. The minimum atomic E-state index is -0.401. The van der Waals surface area contributed by atoms with Crippen LogP contribution in [-0.2, 0) is 9.53 Å². The molecule has 0 aliphatic rings. The number of benzene rings is 1. The molecule has 0 spiro atoms. The van der Waals surface area contributed by atoms with Crippen molar-refractivity contribution in [3.63, 3.8) is 0 Å². The molecule has 0 atom stereocenters. The molecule has 0 fully saturated rings. The lowest BCUT2D eigenvalue weighted by Gasteiger charge is -2.14. The Bertz CT molecular complexity index is 477. The highest BCUT2D eigenvalue weighted by molar-refractivity contribution is 5.97. The van der Waals surface area contributed by atoms with Crippen LogP contribution in [-0.4, -0.2) is 33.2 Å². The van der Waals surface area contributed by atoms with Crippen molar-refractivity contribution in [2.75, 3.05) is 32.2 Å². The Morgan fingerprint density at radius 2 is 2.16 bits per heavy atom. The Balaban J connectivity index is 2.71. The first-order chi connectivity index (χ1) is 9.19. The largest absolute Gasteiger partial charge is 0.383 e. The topological polar surface area (TPSA) is 65.4 Å². The highest BCUT2D eigenvalue weighted by Crippen LogP contribution is 2.12. The van der Waals surface area contributed by atoms with Crippen LogP contribution in [0.2, 0.25) is 0 Å². The van der Waals surface area contributed by atoms with Gasteiger partial charge >= 0.3 is 0 Å². The van der Waals surface area contributed by atoms with Crippen molar-refractivity contribution < 1.29 is 9.53 Å². The Kier molecular flexibility index (Phi) is 6.13. The van der Waals surface area contributed by atoms with Crippen LogP contribution in [0, 0.1) is 11.3 Å². The van der Waals surface area contributed by atoms with Crippen molar-refractivity contribution >= 4 is 11.6 Å². The van der Waals surface area contributed by atoms with Crippen LogP contribution in [0.3, 0.4) is 0 Å². The first-order valence-corrected chi connectivity index (χ1v) is 5.86. The number of hydrogen-bond acceptors (Lipinski definition) is 4. The minimum Gasteiger partial charge on any atom is -0.383 e. The van der Waals surface area contributed by atoms with Crippen molar-refractivity contribution in [1.29, 1.82) is 5.26 Å². The van der Waals surface area contributed by atoms with Crippen molar-refractivity contribution in [2.24, 2.45) is 0 Å². The summed E-state index contributed by atoms with van der Waals surface area (Å²) in [5.74, 6) is -0.401. The van der Waals surface area contributed by atoms with Gasteiger partial charge in [-0.2, -0.15) is 5.26 Å². The van der Waals surface area contributed by atoms with Gasteiger partial charge in [0, 0.05) is 32.6 Å². The number of nitriles is 1. The van der Waals surface area contributed by atoms with Gasteiger partial charge in [-0.05, 0) is 12.1 Å². The third-order valence-corrected chi connectivity index (χ3v) is 2.44. The molecule has 0 aromatic heterocycles. The fraction of sp³-hybridized carbons (Fsp3) is 0.286. The molecule has 1 rings (SSSR count). The number of anilines is 1. The average molecular weight is 259 g/mol. The molecule has 0 aliphatic heterocycles. The fourth-order valence-corrected chi connectivity index (χ4v) is 1.43. The summed E-state index contributed by atoms with van der Waals surface area (Å²) < 4.78 is 4.83. The Labute approximate surface area is 113 Å². The number of ether oxygens (including phenoxy) is 1. The fourth-order valence-electron chi connectivity index (χ4n) is 1.43. The van der Waals surface area contributed by atoms with Gasteiger partial charge in [0.2, 0.25) is 0 Å². The van der Waals surface area contributed by atoms with E-state index in [1.165, 1.54) is 6.20 Å². The maximum absolute atomic E-state index is 11.7. The predicted octanol–water partition coefficient (Wildman–Crippen LogP) is 1.29. The highest BCUT2D eigenvalue weighted by atomic mass is 16.5. The number of para-hydroxylation sites is 1. The van der Waals surface area contributed by atoms with Crippen LogP contribution in [0.25, 0.3) is 0 Å². The van der Waals surface area contributed by atoms with E-state index in [-0.39, 0.29) is 5.57 Å². The Morgan fingerprint density at radius 1 is 1.47 bits per heavy atom. The maximum Gasteiger partial charge on any atom is 0.263 e. The lowest BCUT2D eigenvalue weighted by molar-refractivity contribution is -0.117. The molecule has 0 heterocycles. The molecular weight excluding hydrogens is 242 g/mol. The minimum absolute atomic E-state index is 0.0578. The first-order valence-electron chi connectivity index (χ1n) is 5.86. The quantitative estimate of drug-likeness (QED) is 0.475. The number of nitrogens with zero attached hydrogens (tertiary/aromatic N) is 2. The van der Waals surface area contributed by atoms with Crippen LogP contribution in [0.15, 0.2) is 42.1 Å². The van der Waals surface area contributed by atoms with Crippen LogP contribution in [0.4, 0.5) is 5.69 Å². The van der Waals surface area contributed by atoms with Gasteiger partial charge in [0.15, 0.2) is 0 Å². The third-order valence-electron chi connectivity index (χ3n) is 2.44. The van der Waals surface area contributed by atoms with Gasteiger partial charge in [-0.25, -0.2) is 0 Å². The molecule has 19 heavy (non-hydrogen) atoms. The number of rotatable bonds is 6. The molecule has 100 valence electrons. The molecule has 0 saturated heterocycles. The van der Waals surface area contributed by atoms with Crippen molar-refractivity contribution in [1.82, 2.24) is 5.32 Å². The van der Waals surface area contributed by atoms with Gasteiger partial charge in [-0.1, -0.05) is 18.2 Å². The van der Waals surface area contributed by atoms with Crippen LogP contribution in [0.5, 0.6) is 0 Å². The van der Waals surface area contributed by atoms with Gasteiger partial charge in [-0.3, -0.25) is 4.79 Å². The maximum atomic E-state index is 11.7. The molecule has 0 saturated carbocycles. The SMILES string of the molecule is COCCNC(=O)/C(C#N)=C\N(C)c1ccccc1. The molecule has 1 aromatic carbocycles. The van der Waals surface area contributed by atoms with E-state index in [0.717, 1.165) is 5.69 Å². The van der Waals surface area contributed by atoms with E-state index in [2.05, 4.69) is 5.32 Å². The lowest BCUT2D eigenvalue weighted by Crippen LogP contribution is -2.29. The zero-order valence-electron chi connectivity index (χ0n) is 11.1. The van der Waals surface area contributed by atoms with Crippen LogP contribution >= 0.6 is 0 Å². The summed E-state index contributed by atoms with van der Waals surface area (Å²) in [6.45, 7) is 0.794. The number of carbonyl (C=O) groups excluding carboxylic acids is 1. The summed E-state index contributed by atoms with van der Waals surface area (Å²) in [6.07, 6.45) is 1.51. The molecular formula is C14H17N3O2. The van der Waals surface area contributed by atoms with E-state index < -0.39 is 5.91 Å². The van der Waals surface area contributed by atoms with Gasteiger partial charge in [0.25, 0.3) is 5.91 Å². The van der Waals surface area contributed by atoms with Gasteiger partial charge in [0.05, 0.1) is 6.61 Å². The summed E-state index contributed by atoms with van der Waals surface area (Å²) in [5.41, 5.74) is 0.961. The van der Waals surface area contributed by atoms with Crippen LogP contribution in [0.1, 0.15) is 0 Å².